The summed E-state index contributed by atoms with van der Waals surface area (Å²) in [5.74, 6) is -3.05. The predicted octanol–water partition coefficient (Wildman–Crippen LogP) is 2.75. The lowest BCUT2D eigenvalue weighted by atomic mass is 9.60. The summed E-state index contributed by atoms with van der Waals surface area (Å²) in [5, 5.41) is 10.8. The molecule has 4 atom stereocenters. The highest BCUT2D eigenvalue weighted by atomic mass is 16.3. The molecule has 1 aromatic carbocycles. The number of hydrogen-bond donors (Lipinski definition) is 1. The molecule has 1 fully saturated rings. The van der Waals surface area contributed by atoms with Crippen molar-refractivity contribution in [2.75, 3.05) is 18.0 Å². The van der Waals surface area contributed by atoms with Crippen molar-refractivity contribution in [1.82, 2.24) is 0 Å². The monoisotopic (exact) mass is 359 g/mol. The summed E-state index contributed by atoms with van der Waals surface area (Å²) in [6.45, 7) is 10.2. The topological polar surface area (TPSA) is 74.7 Å². The van der Waals surface area contributed by atoms with E-state index < -0.39 is 23.4 Å². The van der Waals surface area contributed by atoms with Crippen LogP contribution < -0.4 is 4.90 Å². The number of nitrogens with zero attached hydrogens (tertiary/aromatic N) is 1. The molecule has 0 heterocycles. The first-order valence-electron chi connectivity index (χ1n) is 9.24. The second-order valence-corrected chi connectivity index (χ2v) is 7.47. The largest absolute Gasteiger partial charge is 0.389 e. The molecule has 26 heavy (non-hydrogen) atoms. The standard InChI is InChI=1S/C21H29NO4/c1-6-22(7-2)16-10-8-15(9-11-16)19-18(13(3)23)17(25)12-21(5,26)20(19)14(4)24/h8-11,18-20,26H,6-7,12H2,1-5H3/t18-,19-,20+,21+/m0/s1. The van der Waals surface area contributed by atoms with Crippen LogP contribution in [0.4, 0.5) is 5.69 Å². The van der Waals surface area contributed by atoms with Crippen molar-refractivity contribution in [3.05, 3.63) is 29.8 Å². The third-order valence-electron chi connectivity index (χ3n) is 5.55. The van der Waals surface area contributed by atoms with Crippen molar-refractivity contribution in [2.45, 2.75) is 52.6 Å². The predicted molar refractivity (Wildman–Crippen MR) is 101 cm³/mol. The first kappa shape index (κ1) is 20.3. The minimum Gasteiger partial charge on any atom is -0.389 e. The van der Waals surface area contributed by atoms with Gasteiger partial charge in [0.2, 0.25) is 0 Å². The molecule has 5 nitrogen and oxygen atoms in total. The summed E-state index contributed by atoms with van der Waals surface area (Å²) in [5.41, 5.74) is 0.345. The zero-order valence-electron chi connectivity index (χ0n) is 16.3. The quantitative estimate of drug-likeness (QED) is 0.791. The van der Waals surface area contributed by atoms with Gasteiger partial charge in [0.25, 0.3) is 0 Å². The normalized spacial score (nSPS) is 28.7. The van der Waals surface area contributed by atoms with E-state index in [1.54, 1.807) is 0 Å². The summed E-state index contributed by atoms with van der Waals surface area (Å²) in [7, 11) is 0. The Morgan fingerprint density at radius 2 is 1.65 bits per heavy atom. The number of carbonyl (C=O) groups excluding carboxylic acids is 3. The molecule has 0 unspecified atom stereocenters. The second kappa shape index (κ2) is 7.70. The van der Waals surface area contributed by atoms with Crippen LogP contribution in [0.3, 0.4) is 0 Å². The van der Waals surface area contributed by atoms with Gasteiger partial charge in [-0.15, -0.1) is 0 Å². The lowest BCUT2D eigenvalue weighted by molar-refractivity contribution is -0.151. The summed E-state index contributed by atoms with van der Waals surface area (Å²) < 4.78 is 0. The minimum atomic E-state index is -1.45. The Hall–Kier alpha value is -2.01. The molecule has 0 aliphatic heterocycles. The number of ketones is 3. The van der Waals surface area contributed by atoms with E-state index in [1.807, 2.05) is 24.3 Å². The van der Waals surface area contributed by atoms with Crippen molar-refractivity contribution in [3.8, 4) is 0 Å². The third kappa shape index (κ3) is 3.73. The van der Waals surface area contributed by atoms with E-state index in [9.17, 15) is 19.5 Å². The Balaban J connectivity index is 2.53. The van der Waals surface area contributed by atoms with Crippen LogP contribution >= 0.6 is 0 Å². The van der Waals surface area contributed by atoms with Crippen LogP contribution in [0, 0.1) is 11.8 Å². The number of anilines is 1. The van der Waals surface area contributed by atoms with Crippen LogP contribution in [0.2, 0.25) is 0 Å². The van der Waals surface area contributed by atoms with Crippen molar-refractivity contribution in [2.24, 2.45) is 11.8 Å². The molecule has 1 aromatic rings. The van der Waals surface area contributed by atoms with E-state index in [4.69, 9.17) is 0 Å². The molecule has 1 N–H and O–H groups in total. The van der Waals surface area contributed by atoms with Gasteiger partial charge in [-0.05, 0) is 52.3 Å². The fourth-order valence-corrected chi connectivity index (χ4v) is 4.40. The molecule has 2 rings (SSSR count). The van der Waals surface area contributed by atoms with E-state index in [-0.39, 0.29) is 23.8 Å². The average Bonchev–Trinajstić information content (AvgIpc) is 2.54. The van der Waals surface area contributed by atoms with Gasteiger partial charge in [-0.1, -0.05) is 12.1 Å². The van der Waals surface area contributed by atoms with Crippen molar-refractivity contribution in [3.63, 3.8) is 0 Å². The van der Waals surface area contributed by atoms with Crippen molar-refractivity contribution in [1.29, 1.82) is 0 Å². The van der Waals surface area contributed by atoms with E-state index in [1.165, 1.54) is 20.8 Å². The number of aliphatic hydroxyl groups is 1. The molecule has 0 aromatic heterocycles. The van der Waals surface area contributed by atoms with Gasteiger partial charge in [0, 0.05) is 31.1 Å². The molecule has 0 radical (unpaired) electrons. The number of rotatable bonds is 6. The number of carbonyl (C=O) groups is 3. The van der Waals surface area contributed by atoms with Crippen LogP contribution in [0.5, 0.6) is 0 Å². The van der Waals surface area contributed by atoms with Crippen LogP contribution in [0.15, 0.2) is 24.3 Å². The van der Waals surface area contributed by atoms with E-state index in [2.05, 4.69) is 18.7 Å². The van der Waals surface area contributed by atoms with E-state index >= 15 is 0 Å². The second-order valence-electron chi connectivity index (χ2n) is 7.47. The number of hydrogen-bond acceptors (Lipinski definition) is 5. The molecule has 0 amide bonds. The maximum atomic E-state index is 12.6. The lowest BCUT2D eigenvalue weighted by Crippen LogP contribution is -2.53. The molecule has 0 spiro atoms. The Bertz CT molecular complexity index is 688. The molecule has 1 aliphatic rings. The number of benzene rings is 1. The lowest BCUT2D eigenvalue weighted by Gasteiger charge is -2.44. The molecule has 0 saturated heterocycles. The van der Waals surface area contributed by atoms with Crippen LogP contribution in [0.25, 0.3) is 0 Å². The fraction of sp³-hybridized carbons (Fsp3) is 0.571. The summed E-state index contributed by atoms with van der Waals surface area (Å²) in [6.07, 6.45) is -0.171. The van der Waals surface area contributed by atoms with Gasteiger partial charge in [-0.2, -0.15) is 0 Å². The maximum Gasteiger partial charge on any atom is 0.146 e. The Labute approximate surface area is 155 Å². The summed E-state index contributed by atoms with van der Waals surface area (Å²) in [6, 6.07) is 7.65. The van der Waals surface area contributed by atoms with Gasteiger partial charge >= 0.3 is 0 Å². The zero-order chi connectivity index (χ0) is 19.6. The molecular formula is C21H29NO4. The highest BCUT2D eigenvalue weighted by molar-refractivity contribution is 6.05. The first-order valence-corrected chi connectivity index (χ1v) is 9.24. The van der Waals surface area contributed by atoms with Gasteiger partial charge < -0.3 is 10.0 Å². The maximum absolute atomic E-state index is 12.6. The van der Waals surface area contributed by atoms with Crippen LogP contribution in [-0.2, 0) is 14.4 Å². The smallest absolute Gasteiger partial charge is 0.146 e. The number of Topliss-reactive ketones (excluding diaryl/α,β-unsaturated/α-hetero) is 3. The minimum absolute atomic E-state index is 0.171. The van der Waals surface area contributed by atoms with Gasteiger partial charge in [-0.25, -0.2) is 0 Å². The molecular weight excluding hydrogens is 330 g/mol. The molecule has 1 saturated carbocycles. The molecule has 142 valence electrons. The molecule has 5 heteroatoms. The molecule has 1 aliphatic carbocycles. The molecule has 0 bridgehead atoms. The first-order chi connectivity index (χ1) is 12.1. The Morgan fingerprint density at radius 1 is 1.12 bits per heavy atom. The summed E-state index contributed by atoms with van der Waals surface area (Å²) in [4.78, 5) is 39.3. The van der Waals surface area contributed by atoms with Gasteiger partial charge in [0.05, 0.1) is 17.4 Å². The zero-order valence-corrected chi connectivity index (χ0v) is 16.3. The Morgan fingerprint density at radius 3 is 2.08 bits per heavy atom. The van der Waals surface area contributed by atoms with Crippen LogP contribution in [-0.4, -0.2) is 41.1 Å². The SMILES string of the molecule is CCN(CC)c1ccc([C@H]2[C@@H](C(C)=O)C(=O)C[C@@](C)(O)[C@@H]2C(C)=O)cc1. The highest BCUT2D eigenvalue weighted by Crippen LogP contribution is 2.46. The van der Waals surface area contributed by atoms with Crippen molar-refractivity contribution >= 4 is 23.0 Å². The van der Waals surface area contributed by atoms with Crippen molar-refractivity contribution < 1.29 is 19.5 Å². The average molecular weight is 359 g/mol. The van der Waals surface area contributed by atoms with E-state index in [0.29, 0.717) is 0 Å². The fourth-order valence-electron chi connectivity index (χ4n) is 4.40. The van der Waals surface area contributed by atoms with Crippen LogP contribution in [0.1, 0.15) is 52.5 Å². The van der Waals surface area contributed by atoms with Gasteiger partial charge in [0.1, 0.15) is 17.3 Å². The Kier molecular flexibility index (Phi) is 6.02. The van der Waals surface area contributed by atoms with E-state index in [0.717, 1.165) is 24.3 Å². The van der Waals surface area contributed by atoms with Gasteiger partial charge in [-0.3, -0.25) is 14.4 Å². The summed E-state index contributed by atoms with van der Waals surface area (Å²) >= 11 is 0. The van der Waals surface area contributed by atoms with Gasteiger partial charge in [0.15, 0.2) is 0 Å². The third-order valence-corrected chi connectivity index (χ3v) is 5.55. The highest BCUT2D eigenvalue weighted by Gasteiger charge is 2.53.